The number of nitrogens with two attached hydrogens (primary N) is 2. The van der Waals surface area contributed by atoms with E-state index in [9.17, 15) is 71.2 Å². The molecular weight excluding hydrogens is 975 g/mol. The number of aliphatic hydroxyl groups is 13. The fourth-order valence-corrected chi connectivity index (χ4v) is 10.3. The minimum Gasteiger partial charge on any atom is -0.461 e. The number of carbonyl (C=O) groups excluding carboxylic acids is 1. The summed E-state index contributed by atoms with van der Waals surface area (Å²) in [7, 11) is 0. The van der Waals surface area contributed by atoms with Gasteiger partial charge in [0.15, 0.2) is 12.2 Å². The van der Waals surface area contributed by atoms with Gasteiger partial charge in [0.05, 0.1) is 73.6 Å². The van der Waals surface area contributed by atoms with E-state index in [2.05, 4.69) is 4.99 Å². The average Bonchev–Trinajstić information content (AvgIpc) is 3.61. The largest absolute Gasteiger partial charge is 0.461 e. The molecule has 20 atom stereocenters. The maximum Gasteiger partial charge on any atom is 0.311 e. The first-order valence-electron chi connectivity index (χ1n) is 28.1. The van der Waals surface area contributed by atoms with Crippen LogP contribution < -0.4 is 11.5 Å². The summed E-state index contributed by atoms with van der Waals surface area (Å²) < 4.78 is 17.7. The molecule has 0 aromatic heterocycles. The number of hydrogen-bond acceptors (Lipinski definition) is 18. The molecule has 0 aliphatic carbocycles. The van der Waals surface area contributed by atoms with E-state index in [1.54, 1.807) is 6.92 Å². The molecule has 17 N–H and O–H groups in total. The first kappa shape index (κ1) is 68.7. The van der Waals surface area contributed by atoms with Crippen LogP contribution in [0.25, 0.3) is 0 Å². The molecule has 0 aromatic carbocycles. The van der Waals surface area contributed by atoms with Crippen LogP contribution in [0.1, 0.15) is 176 Å². The molecule has 75 heavy (non-hydrogen) atoms. The Kier molecular flexibility index (Phi) is 33.7. The van der Waals surface area contributed by atoms with Crippen molar-refractivity contribution in [2.45, 2.75) is 274 Å². The summed E-state index contributed by atoms with van der Waals surface area (Å²) in [5.41, 5.74) is 12.4. The Hall–Kier alpha value is -2.38. The van der Waals surface area contributed by atoms with Crippen molar-refractivity contribution in [3.05, 3.63) is 23.3 Å². The second kappa shape index (κ2) is 36.7. The summed E-state index contributed by atoms with van der Waals surface area (Å²) >= 11 is 0. The van der Waals surface area contributed by atoms with Crippen molar-refractivity contribution < 1.29 is 85.4 Å². The number of carbonyl (C=O) groups is 1. The lowest BCUT2D eigenvalue weighted by Crippen LogP contribution is -2.42. The van der Waals surface area contributed by atoms with Crippen LogP contribution >= 0.6 is 0 Å². The van der Waals surface area contributed by atoms with Gasteiger partial charge in [0.2, 0.25) is 0 Å². The van der Waals surface area contributed by atoms with Crippen LogP contribution in [0.2, 0.25) is 0 Å². The van der Waals surface area contributed by atoms with E-state index in [4.69, 9.17) is 25.7 Å². The van der Waals surface area contributed by atoms with Crippen LogP contribution in [-0.2, 0) is 19.0 Å². The molecule has 2 rings (SSSR count). The van der Waals surface area contributed by atoms with Crippen molar-refractivity contribution in [2.75, 3.05) is 13.2 Å². The molecule has 0 amide bonds. The van der Waals surface area contributed by atoms with Gasteiger partial charge in [-0.2, -0.15) is 0 Å². The number of guanidine groups is 1. The number of unbranched alkanes of at least 4 members (excludes halogenated alkanes) is 1. The third-order valence-corrected chi connectivity index (χ3v) is 15.2. The van der Waals surface area contributed by atoms with Crippen LogP contribution in [0.5, 0.6) is 0 Å². The quantitative estimate of drug-likeness (QED) is 0.0438. The topological polar surface area (TPSA) is 372 Å². The molecule has 2 heterocycles. The summed E-state index contributed by atoms with van der Waals surface area (Å²) in [6.45, 7) is 10.9. The van der Waals surface area contributed by atoms with Gasteiger partial charge in [0, 0.05) is 24.8 Å². The van der Waals surface area contributed by atoms with Gasteiger partial charge >= 0.3 is 5.97 Å². The highest BCUT2D eigenvalue weighted by Crippen LogP contribution is 2.32. The van der Waals surface area contributed by atoms with E-state index in [1.807, 2.05) is 40.7 Å². The number of cyclic esters (lactones) is 1. The molecule has 1 saturated heterocycles. The van der Waals surface area contributed by atoms with Crippen LogP contribution in [0.4, 0.5) is 0 Å². The molecule has 2 aliphatic heterocycles. The van der Waals surface area contributed by atoms with Gasteiger partial charge in [-0.1, -0.05) is 64.7 Å². The Labute approximate surface area is 446 Å². The highest BCUT2D eigenvalue weighted by atomic mass is 16.7. The zero-order valence-corrected chi connectivity index (χ0v) is 46.0. The molecule has 0 bridgehead atoms. The molecule has 20 nitrogen and oxygen atoms in total. The van der Waals surface area contributed by atoms with Gasteiger partial charge in [-0.3, -0.25) is 9.79 Å². The van der Waals surface area contributed by atoms with Gasteiger partial charge in [0.1, 0.15) is 30.5 Å². The average molecular weight is 1080 g/mol. The maximum absolute atomic E-state index is 14.2. The van der Waals surface area contributed by atoms with Crippen molar-refractivity contribution in [2.24, 2.45) is 40.1 Å². The van der Waals surface area contributed by atoms with Crippen molar-refractivity contribution in [3.8, 4) is 0 Å². The lowest BCUT2D eigenvalue weighted by Gasteiger charge is -2.34. The summed E-state index contributed by atoms with van der Waals surface area (Å²) in [5, 5.41) is 141. The second-order valence-electron chi connectivity index (χ2n) is 22.2. The van der Waals surface area contributed by atoms with E-state index in [0.29, 0.717) is 108 Å². The standard InChI is InChI=1S/C55H103N3O17/c1-7-8-19-43-49(69)33(3)22-23-38(61)17-11-16-37(60)18-12-20-44(66)34(4)26-47(73-54-51(71)50(70)48(31-59)74-54)46(68)30-42(65)29-41(64)28-40(63)27-39(62)15-10-9-14-32(2)25-35(5)52(75-53(43)72)36(6)45(67)21-13-24-58-55(56)57/h25-26,33,35-52,54,59-71H,7-24,27-31H2,1-6H3,(H4,56,57,58)/b32-25+,34-26+/t33-,35-,36-,37-,38+,39-,40-,41+,42+,43-,44+,45-,46-,47-,48+,49+,50-,51+,52+,54+/m1/s1. The molecule has 440 valence electrons. The number of ether oxygens (including phenoxy) is 3. The Morgan fingerprint density at radius 1 is 0.733 bits per heavy atom. The summed E-state index contributed by atoms with van der Waals surface area (Å²) in [4.78, 5) is 18.2. The van der Waals surface area contributed by atoms with Crippen LogP contribution in [0, 0.1) is 23.7 Å². The van der Waals surface area contributed by atoms with Gasteiger partial charge in [-0.25, -0.2) is 0 Å². The number of hydrogen-bond donors (Lipinski definition) is 15. The molecular formula is C55H103N3O17. The molecule has 0 unspecified atom stereocenters. The molecule has 2 aliphatic rings. The van der Waals surface area contributed by atoms with Crippen LogP contribution in [-0.4, -0.2) is 189 Å². The highest BCUT2D eigenvalue weighted by molar-refractivity contribution is 5.75. The normalized spacial score (nSPS) is 38.7. The lowest BCUT2D eigenvalue weighted by molar-refractivity contribution is -0.202. The number of allylic oxidation sites excluding steroid dienone is 1. The van der Waals surface area contributed by atoms with E-state index >= 15 is 0 Å². The van der Waals surface area contributed by atoms with Crippen molar-refractivity contribution in [1.82, 2.24) is 0 Å². The summed E-state index contributed by atoms with van der Waals surface area (Å²) in [6, 6.07) is 0. The number of nitrogens with zero attached hydrogens (tertiary/aromatic N) is 1. The van der Waals surface area contributed by atoms with Gasteiger partial charge < -0.3 is 92.1 Å². The monoisotopic (exact) mass is 1080 g/mol. The second-order valence-corrected chi connectivity index (χ2v) is 22.2. The van der Waals surface area contributed by atoms with Gasteiger partial charge in [-0.15, -0.1) is 0 Å². The van der Waals surface area contributed by atoms with Gasteiger partial charge in [0.25, 0.3) is 0 Å². The minimum absolute atomic E-state index is 0.0266. The van der Waals surface area contributed by atoms with Crippen LogP contribution in [0.3, 0.4) is 0 Å². The Morgan fingerprint density at radius 2 is 1.32 bits per heavy atom. The highest BCUT2D eigenvalue weighted by Gasteiger charge is 2.45. The third-order valence-electron chi connectivity index (χ3n) is 15.2. The van der Waals surface area contributed by atoms with E-state index in [-0.39, 0.29) is 49.9 Å². The Bertz CT molecular complexity index is 1640. The van der Waals surface area contributed by atoms with Crippen molar-refractivity contribution in [1.29, 1.82) is 0 Å². The van der Waals surface area contributed by atoms with E-state index in [1.165, 1.54) is 6.08 Å². The summed E-state index contributed by atoms with van der Waals surface area (Å²) in [6.07, 6.45) is -7.42. The lowest BCUT2D eigenvalue weighted by atomic mass is 9.84. The number of esters is 1. The van der Waals surface area contributed by atoms with Crippen molar-refractivity contribution in [3.63, 3.8) is 0 Å². The minimum atomic E-state index is -1.59. The first-order chi connectivity index (χ1) is 35.4. The van der Waals surface area contributed by atoms with Gasteiger partial charge in [-0.05, 0) is 134 Å². The Morgan fingerprint density at radius 3 is 1.92 bits per heavy atom. The smallest absolute Gasteiger partial charge is 0.311 e. The predicted molar refractivity (Wildman–Crippen MR) is 284 cm³/mol. The maximum atomic E-state index is 14.2. The van der Waals surface area contributed by atoms with Crippen LogP contribution in [0.15, 0.2) is 28.3 Å². The first-order valence-corrected chi connectivity index (χ1v) is 28.1. The zero-order chi connectivity index (χ0) is 56.4. The fourth-order valence-electron chi connectivity index (χ4n) is 10.3. The molecule has 0 aromatic rings. The van der Waals surface area contributed by atoms with Crippen molar-refractivity contribution >= 4 is 11.9 Å². The zero-order valence-electron chi connectivity index (χ0n) is 46.0. The SMILES string of the molecule is CCCC[C@H]1C(=O)O[C@H]([C@H](C)[C@H](O)CCCN=C(N)N)[C@H](C)/C=C(\C)CCCC[C@@H](O)C[C@@H](O)C[C@H](O)C[C@H](O)C[C@@H](O)[C@H](O[C@H]2O[C@@H](CO)[C@@H](O)[C@@H]2O)/C=C(\C)[C@@H](O)CCC[C@H](O)CCC[C@H](O)CC[C@@H](C)[C@@H]1O. The molecule has 0 saturated carbocycles. The Balaban J connectivity index is 2.34. The third kappa shape index (κ3) is 26.4. The fraction of sp³-hybridized carbons (Fsp3) is 0.891. The molecule has 0 spiro atoms. The molecule has 1 fully saturated rings. The molecule has 0 radical (unpaired) electrons. The molecule has 20 heteroatoms. The van der Waals surface area contributed by atoms with E-state index < -0.39 is 122 Å². The summed E-state index contributed by atoms with van der Waals surface area (Å²) in [5.74, 6) is -2.64. The predicted octanol–water partition coefficient (Wildman–Crippen LogP) is 2.25. The number of aliphatic imine (C=N–C) groups is 1. The van der Waals surface area contributed by atoms with E-state index in [0.717, 1.165) is 12.0 Å². The number of aliphatic hydroxyl groups excluding tert-OH is 13. The number of rotatable bonds is 12.